The van der Waals surface area contributed by atoms with Gasteiger partial charge < -0.3 is 20.9 Å². The van der Waals surface area contributed by atoms with E-state index in [0.717, 1.165) is 19.3 Å². The lowest BCUT2D eigenvalue weighted by molar-refractivity contribution is -0.205. The molecule has 2 unspecified atom stereocenters. The zero-order chi connectivity index (χ0) is 29.6. The number of esters is 1. The van der Waals surface area contributed by atoms with Crippen LogP contribution < -0.4 is 11.1 Å². The zero-order valence-electron chi connectivity index (χ0n) is 25.3. The smallest absolute Gasteiger partial charge is 0.316 e. The maximum atomic E-state index is 13.5. The number of carbonyl (C=O) groups is 3. The third-order valence-electron chi connectivity index (χ3n) is 10.9. The Kier molecular flexibility index (Phi) is 9.46. The third-order valence-corrected chi connectivity index (χ3v) is 12.2. The summed E-state index contributed by atoms with van der Waals surface area (Å²) in [6, 6.07) is -0.573. The molecule has 3 saturated carbocycles. The van der Waals surface area contributed by atoms with Gasteiger partial charge in [-0.2, -0.15) is 0 Å². The third kappa shape index (κ3) is 5.85. The molecule has 3 aliphatic rings. The Balaban J connectivity index is 1.82. The summed E-state index contributed by atoms with van der Waals surface area (Å²) in [5, 5.41) is 14.6. The normalized spacial score (nSPS) is 39.4. The number of nitrogens with two attached hydrogens (primary N) is 1. The second-order valence-corrected chi connectivity index (χ2v) is 15.8. The van der Waals surface area contributed by atoms with Gasteiger partial charge in [0.2, 0.25) is 5.91 Å². The quantitative estimate of drug-likeness (QED) is 0.279. The van der Waals surface area contributed by atoms with E-state index in [2.05, 4.69) is 32.7 Å². The van der Waals surface area contributed by atoms with Crippen molar-refractivity contribution in [2.24, 2.45) is 45.7 Å². The van der Waals surface area contributed by atoms with Crippen molar-refractivity contribution in [1.82, 2.24) is 5.32 Å². The molecule has 3 aliphatic carbocycles. The first kappa shape index (κ1) is 32.1. The molecule has 2 bridgehead atoms. The van der Waals surface area contributed by atoms with Gasteiger partial charge in [-0.05, 0) is 62.7 Å². The molecular formula is C31H52N2O5S. The molecule has 4 N–H and O–H groups in total. The predicted molar refractivity (Wildman–Crippen MR) is 157 cm³/mol. The molecule has 0 saturated heterocycles. The maximum Gasteiger partial charge on any atom is 0.316 e. The van der Waals surface area contributed by atoms with Gasteiger partial charge in [0.15, 0.2) is 0 Å². The van der Waals surface area contributed by atoms with Crippen LogP contribution >= 0.6 is 11.8 Å². The van der Waals surface area contributed by atoms with Crippen molar-refractivity contribution < 1.29 is 24.2 Å². The van der Waals surface area contributed by atoms with E-state index >= 15 is 0 Å². The second-order valence-electron chi connectivity index (χ2n) is 14.1. The molecule has 0 aromatic heterocycles. The summed E-state index contributed by atoms with van der Waals surface area (Å²) in [5.41, 5.74) is 4.49. The highest BCUT2D eigenvalue weighted by Crippen LogP contribution is 2.68. The number of hydrogen-bond acceptors (Lipinski definition) is 7. The molecule has 222 valence electrons. The summed E-state index contributed by atoms with van der Waals surface area (Å²) in [7, 11) is 0. The molecule has 0 spiro atoms. The molecule has 3 fully saturated rings. The summed E-state index contributed by atoms with van der Waals surface area (Å²) in [4.78, 5) is 39.2. The summed E-state index contributed by atoms with van der Waals surface area (Å²) in [5.74, 6) is -0.243. The minimum atomic E-state index is -0.684. The lowest BCUT2D eigenvalue weighted by Crippen LogP contribution is -2.63. The molecular weight excluding hydrogens is 512 g/mol. The van der Waals surface area contributed by atoms with Crippen molar-refractivity contribution in [1.29, 1.82) is 0 Å². The molecule has 39 heavy (non-hydrogen) atoms. The van der Waals surface area contributed by atoms with Gasteiger partial charge in [-0.15, -0.1) is 18.3 Å². The highest BCUT2D eigenvalue weighted by atomic mass is 32.2. The van der Waals surface area contributed by atoms with Crippen LogP contribution in [0.15, 0.2) is 12.7 Å². The molecule has 0 aromatic rings. The number of nitrogens with one attached hydrogen (secondary N) is 1. The van der Waals surface area contributed by atoms with Crippen LogP contribution in [-0.2, 0) is 19.1 Å². The van der Waals surface area contributed by atoms with E-state index < -0.39 is 33.8 Å². The number of Topliss-reactive ketones (excluding diaryl/α,β-unsaturated/α-hetero) is 1. The molecule has 9 atom stereocenters. The van der Waals surface area contributed by atoms with Crippen LogP contribution in [0.4, 0.5) is 0 Å². The summed E-state index contributed by atoms with van der Waals surface area (Å²) < 4.78 is 5.92. The lowest BCUT2D eigenvalue weighted by Gasteiger charge is -2.61. The number of rotatable bonds is 9. The van der Waals surface area contributed by atoms with Gasteiger partial charge in [-0.25, -0.2) is 0 Å². The van der Waals surface area contributed by atoms with Crippen molar-refractivity contribution in [3.63, 3.8) is 0 Å². The van der Waals surface area contributed by atoms with Crippen LogP contribution in [0.1, 0.15) is 87.5 Å². The number of amides is 1. The van der Waals surface area contributed by atoms with Crippen LogP contribution in [0.3, 0.4) is 0 Å². The Morgan fingerprint density at radius 3 is 2.51 bits per heavy atom. The van der Waals surface area contributed by atoms with Gasteiger partial charge in [-0.1, -0.05) is 47.6 Å². The summed E-state index contributed by atoms with van der Waals surface area (Å²) in [6.45, 7) is 20.7. The Labute approximate surface area is 239 Å². The highest BCUT2D eigenvalue weighted by molar-refractivity contribution is 8.01. The van der Waals surface area contributed by atoms with E-state index in [1.165, 1.54) is 11.8 Å². The van der Waals surface area contributed by atoms with Crippen LogP contribution in [0.5, 0.6) is 0 Å². The molecule has 0 radical (unpaired) electrons. The van der Waals surface area contributed by atoms with E-state index in [1.807, 2.05) is 40.7 Å². The van der Waals surface area contributed by atoms with E-state index in [9.17, 15) is 19.5 Å². The van der Waals surface area contributed by atoms with Crippen LogP contribution in [0.25, 0.3) is 0 Å². The number of thioether (sulfide) groups is 1. The van der Waals surface area contributed by atoms with Gasteiger partial charge in [0.25, 0.3) is 0 Å². The van der Waals surface area contributed by atoms with Gasteiger partial charge in [0, 0.05) is 34.5 Å². The van der Waals surface area contributed by atoms with Gasteiger partial charge in [0.05, 0.1) is 17.9 Å². The standard InChI is InChI=1S/C31H52N2O5S/c1-10-29(8)15-22(38-23(35)16-39-28(6,7)17-33-27(37)24(32)18(2)3)30(9)19(4)11-13-31(20(5)26(29)36)14-12-21(34)25(30)31/h10,18-20,22,24-26,36H,1,11-17,32H2,2-9H3,(H,33,37)/t19-,20+,22-,24-,25?,26+,29-,30+,31?/m1/s1. The van der Waals surface area contributed by atoms with Crippen molar-refractivity contribution in [2.75, 3.05) is 12.3 Å². The second kappa shape index (κ2) is 11.5. The van der Waals surface area contributed by atoms with Gasteiger partial charge >= 0.3 is 5.97 Å². The van der Waals surface area contributed by atoms with Crippen LogP contribution in [-0.4, -0.2) is 58.1 Å². The minimum Gasteiger partial charge on any atom is -0.461 e. The average Bonchev–Trinajstić information content (AvgIpc) is 3.24. The fraction of sp³-hybridized carbons (Fsp3) is 0.839. The van der Waals surface area contributed by atoms with E-state index in [4.69, 9.17) is 10.5 Å². The maximum absolute atomic E-state index is 13.5. The number of carbonyl (C=O) groups excluding carboxylic acids is 3. The molecule has 1 amide bonds. The summed E-state index contributed by atoms with van der Waals surface area (Å²) in [6.07, 6.45) is 4.17. The zero-order valence-corrected chi connectivity index (χ0v) is 26.2. The average molecular weight is 565 g/mol. The molecule has 7 nitrogen and oxygen atoms in total. The number of ether oxygens (including phenoxy) is 1. The minimum absolute atomic E-state index is 0.0382. The molecule has 0 aromatic carbocycles. The van der Waals surface area contributed by atoms with E-state index in [1.54, 1.807) is 0 Å². The number of aliphatic hydroxyl groups is 1. The molecule has 8 heteroatoms. The molecule has 0 heterocycles. The number of hydrogen-bond donors (Lipinski definition) is 3. The first-order valence-electron chi connectivity index (χ1n) is 14.7. The van der Waals surface area contributed by atoms with Crippen molar-refractivity contribution in [3.05, 3.63) is 12.7 Å². The number of ketones is 1. The Bertz CT molecular complexity index is 969. The van der Waals surface area contributed by atoms with Crippen molar-refractivity contribution in [3.8, 4) is 0 Å². The molecule has 0 aliphatic heterocycles. The van der Waals surface area contributed by atoms with Crippen molar-refractivity contribution in [2.45, 2.75) is 110 Å². The summed E-state index contributed by atoms with van der Waals surface area (Å²) >= 11 is 1.43. The van der Waals surface area contributed by atoms with Crippen molar-refractivity contribution >= 4 is 29.4 Å². The predicted octanol–water partition coefficient (Wildman–Crippen LogP) is 4.50. The Hall–Kier alpha value is -1.38. The monoisotopic (exact) mass is 564 g/mol. The highest BCUT2D eigenvalue weighted by Gasteiger charge is 2.68. The van der Waals surface area contributed by atoms with Crippen LogP contribution in [0.2, 0.25) is 0 Å². The first-order valence-corrected chi connectivity index (χ1v) is 15.6. The lowest BCUT2D eigenvalue weighted by atomic mass is 9.44. The molecule has 3 rings (SSSR count). The fourth-order valence-electron chi connectivity index (χ4n) is 7.72. The first-order chi connectivity index (χ1) is 17.9. The van der Waals surface area contributed by atoms with Crippen LogP contribution in [0, 0.1) is 39.9 Å². The number of aliphatic hydroxyl groups excluding tert-OH is 1. The van der Waals surface area contributed by atoms with Gasteiger partial charge in [0.1, 0.15) is 11.9 Å². The van der Waals surface area contributed by atoms with E-state index in [-0.39, 0.29) is 52.5 Å². The SMILES string of the molecule is C=C[C@]1(C)C[C@@H](OC(=O)CSC(C)(C)CNC(=O)[C@H](N)C(C)C)[C@@]2(C)C3C(=O)CCC3(CC[C@H]2C)[C@@H](C)[C@@H]1O. The largest absolute Gasteiger partial charge is 0.461 e. The Morgan fingerprint density at radius 2 is 1.92 bits per heavy atom. The fourth-order valence-corrected chi connectivity index (χ4v) is 8.47. The van der Waals surface area contributed by atoms with Gasteiger partial charge in [-0.3, -0.25) is 14.4 Å². The topological polar surface area (TPSA) is 119 Å². The Morgan fingerprint density at radius 1 is 1.28 bits per heavy atom. The van der Waals surface area contributed by atoms with E-state index in [0.29, 0.717) is 19.4 Å².